The van der Waals surface area contributed by atoms with Crippen molar-refractivity contribution in [1.82, 2.24) is 0 Å². The second kappa shape index (κ2) is 16.0. The topological polar surface area (TPSA) is 0 Å². The van der Waals surface area contributed by atoms with E-state index in [9.17, 15) is 17.6 Å². The molecule has 0 radical (unpaired) electrons. The van der Waals surface area contributed by atoms with Crippen LogP contribution in [0.1, 0.15) is 16.7 Å². The molecule has 0 aliphatic rings. The van der Waals surface area contributed by atoms with Gasteiger partial charge in [-0.2, -0.15) is 0 Å². The van der Waals surface area contributed by atoms with Gasteiger partial charge in [-0.05, 0) is 54.6 Å². The Balaban J connectivity index is 1.99. The van der Waals surface area contributed by atoms with E-state index in [0.29, 0.717) is 0 Å². The third-order valence-corrected chi connectivity index (χ3v) is 9.58. The minimum absolute atomic E-state index is 0.135. The van der Waals surface area contributed by atoms with E-state index in [-0.39, 0.29) is 6.07 Å². The van der Waals surface area contributed by atoms with Gasteiger partial charge in [0.1, 0.15) is 0 Å². The van der Waals surface area contributed by atoms with Gasteiger partial charge >= 0.3 is 0 Å². The van der Waals surface area contributed by atoms with E-state index in [1.807, 2.05) is 0 Å². The van der Waals surface area contributed by atoms with E-state index in [0.717, 1.165) is 48.5 Å². The van der Waals surface area contributed by atoms with Crippen molar-refractivity contribution in [3.05, 3.63) is 206 Å². The predicted octanol–water partition coefficient (Wildman–Crippen LogP) is 14.2. The monoisotopic (exact) mass is 907 g/mol. The zero-order chi connectivity index (χ0) is 46.3. The molecule has 7 aromatic rings. The van der Waals surface area contributed by atoms with Crippen molar-refractivity contribution >= 4 is 0 Å². The molecule has 0 saturated carbocycles. The Labute approximate surface area is 337 Å². The van der Waals surface area contributed by atoms with Crippen LogP contribution < -0.4 is 0 Å². The second-order valence-electron chi connectivity index (χ2n) is 13.0. The van der Waals surface area contributed by atoms with Crippen molar-refractivity contribution < 1.29 is 87.8 Å². The zero-order valence-corrected chi connectivity index (χ0v) is 29.9. The number of rotatable bonds is 7. The lowest BCUT2D eigenvalue weighted by Gasteiger charge is -2.26. The number of hydrogen-bond acceptors (Lipinski definition) is 0. The average Bonchev–Trinajstić information content (AvgIpc) is 3.28. The summed E-state index contributed by atoms with van der Waals surface area (Å²) in [7, 11) is 0. The zero-order valence-electron chi connectivity index (χ0n) is 29.9. The highest BCUT2D eigenvalue weighted by molar-refractivity contribution is 6.05. The molecule has 7 aromatic carbocycles. The molecule has 0 unspecified atom stereocenters. The standard InChI is InChI=1S/C43H11F20/c44-24-19(25(45)33(53)40(60)32(24)52)15-11-14(16(12-7-3-1-4-8-12)13-9-5-2-6-10-13)17(21-26(46)34(54)41(61)35(55)27(21)47)20(23-30(50)38(58)43(63)39(59)31(23)51)18(15)22-28(48)36(56)42(62)37(57)29(22)49/h1-11H/q+1. The maximum Gasteiger partial charge on any atom is 0.200 e. The SMILES string of the molecule is Fc1c(F)c(F)c(-c2cc([C+](c3ccccc3)c3ccccc3)c(-c3c(F)c(F)c(F)c(F)c3F)c(-c3c(F)c(F)c(F)c(F)c3F)c2-c2c(F)c(F)c(F)c(F)c2F)c(F)c1F. The molecule has 0 aromatic heterocycles. The lowest BCUT2D eigenvalue weighted by molar-refractivity contribution is 0.379. The Morgan fingerprint density at radius 3 is 0.762 bits per heavy atom. The first kappa shape index (κ1) is 44.1. The van der Waals surface area contributed by atoms with Gasteiger partial charge in [-0.25, -0.2) is 87.8 Å². The molecule has 7 rings (SSSR count). The molecule has 0 fully saturated rings. The Bertz CT molecular complexity index is 2900. The van der Waals surface area contributed by atoms with Gasteiger partial charge in [0.2, 0.25) is 23.3 Å². The summed E-state index contributed by atoms with van der Waals surface area (Å²) >= 11 is 0. The highest BCUT2D eigenvalue weighted by Crippen LogP contribution is 2.55. The van der Waals surface area contributed by atoms with Crippen LogP contribution in [-0.2, 0) is 0 Å². The molecule has 322 valence electrons. The number of hydrogen-bond donors (Lipinski definition) is 0. The van der Waals surface area contributed by atoms with Crippen molar-refractivity contribution in [1.29, 1.82) is 0 Å². The van der Waals surface area contributed by atoms with Crippen LogP contribution in [0.5, 0.6) is 0 Å². The first-order valence-electron chi connectivity index (χ1n) is 16.9. The molecule has 0 saturated heterocycles. The molecule has 0 amide bonds. The molecule has 0 spiro atoms. The van der Waals surface area contributed by atoms with Crippen LogP contribution in [-0.4, -0.2) is 0 Å². The second-order valence-corrected chi connectivity index (χ2v) is 13.0. The van der Waals surface area contributed by atoms with E-state index in [1.54, 1.807) is 0 Å². The molecule has 0 aliphatic carbocycles. The van der Waals surface area contributed by atoms with Gasteiger partial charge < -0.3 is 0 Å². The minimum Gasteiger partial charge on any atom is -0.203 e. The smallest absolute Gasteiger partial charge is 0.200 e. The molecule has 0 aliphatic heterocycles. The summed E-state index contributed by atoms with van der Waals surface area (Å²) in [6.45, 7) is 0. The maximum absolute atomic E-state index is 16.3. The number of halogens is 20. The highest BCUT2D eigenvalue weighted by atomic mass is 19.2. The fourth-order valence-electron chi connectivity index (χ4n) is 6.85. The average molecular weight is 908 g/mol. The van der Waals surface area contributed by atoms with E-state index in [2.05, 4.69) is 0 Å². The van der Waals surface area contributed by atoms with Gasteiger partial charge in [0.05, 0.1) is 44.9 Å². The fourth-order valence-corrected chi connectivity index (χ4v) is 6.85. The van der Waals surface area contributed by atoms with E-state index < -0.39 is 183 Å². The number of benzene rings is 7. The van der Waals surface area contributed by atoms with E-state index in [1.165, 1.54) is 12.1 Å². The third-order valence-electron chi connectivity index (χ3n) is 9.58. The van der Waals surface area contributed by atoms with Crippen LogP contribution in [0, 0.1) is 122 Å². The van der Waals surface area contributed by atoms with E-state index >= 15 is 70.2 Å². The quantitative estimate of drug-likeness (QED) is 0.0491. The lowest BCUT2D eigenvalue weighted by atomic mass is 9.73. The largest absolute Gasteiger partial charge is 0.203 e. The van der Waals surface area contributed by atoms with Gasteiger partial charge in [0.25, 0.3) is 0 Å². The van der Waals surface area contributed by atoms with Crippen molar-refractivity contribution in [3.8, 4) is 44.5 Å². The van der Waals surface area contributed by atoms with Crippen molar-refractivity contribution in [3.63, 3.8) is 0 Å². The Morgan fingerprint density at radius 2 is 0.460 bits per heavy atom. The molecule has 0 nitrogen and oxygen atoms in total. The van der Waals surface area contributed by atoms with Crippen LogP contribution in [0.4, 0.5) is 87.8 Å². The van der Waals surface area contributed by atoms with Gasteiger partial charge in [0.15, 0.2) is 93.1 Å². The summed E-state index contributed by atoms with van der Waals surface area (Å²) in [5.74, 6) is -62.8. The Kier molecular flexibility index (Phi) is 11.2. The normalized spacial score (nSPS) is 11.5. The Morgan fingerprint density at radius 1 is 0.222 bits per heavy atom. The molecule has 0 N–H and O–H groups in total. The first-order chi connectivity index (χ1) is 29.7. The molecular weight excluding hydrogens is 896 g/mol. The highest BCUT2D eigenvalue weighted by Gasteiger charge is 2.44. The minimum atomic E-state index is -3.21. The summed E-state index contributed by atoms with van der Waals surface area (Å²) in [5.41, 5.74) is -22.6. The van der Waals surface area contributed by atoms with Crippen LogP contribution in [0.25, 0.3) is 44.5 Å². The lowest BCUT2D eigenvalue weighted by Crippen LogP contribution is -2.16. The molecular formula is C43H11F20+. The van der Waals surface area contributed by atoms with Gasteiger partial charge in [-0.15, -0.1) is 0 Å². The van der Waals surface area contributed by atoms with Crippen molar-refractivity contribution in [2.45, 2.75) is 0 Å². The van der Waals surface area contributed by atoms with Crippen molar-refractivity contribution in [2.24, 2.45) is 0 Å². The van der Waals surface area contributed by atoms with Gasteiger partial charge in [-0.1, -0.05) is 12.1 Å². The summed E-state index contributed by atoms with van der Waals surface area (Å²) in [5, 5.41) is 0. The van der Waals surface area contributed by atoms with Crippen LogP contribution in [0.2, 0.25) is 0 Å². The third kappa shape index (κ3) is 6.60. The van der Waals surface area contributed by atoms with Gasteiger partial charge in [0, 0.05) is 22.3 Å². The molecule has 0 heterocycles. The fraction of sp³-hybridized carbons (Fsp3) is 0. The summed E-state index contributed by atoms with van der Waals surface area (Å²) < 4.78 is 310. The predicted molar refractivity (Wildman–Crippen MR) is 181 cm³/mol. The van der Waals surface area contributed by atoms with Crippen molar-refractivity contribution in [2.75, 3.05) is 0 Å². The van der Waals surface area contributed by atoms with Crippen LogP contribution in [0.15, 0.2) is 66.7 Å². The molecule has 63 heavy (non-hydrogen) atoms. The first-order valence-corrected chi connectivity index (χ1v) is 16.9. The summed E-state index contributed by atoms with van der Waals surface area (Å²) in [6, 6.07) is 11.1. The molecule has 0 bridgehead atoms. The van der Waals surface area contributed by atoms with Crippen LogP contribution >= 0.6 is 0 Å². The summed E-state index contributed by atoms with van der Waals surface area (Å²) in [4.78, 5) is 0. The molecule has 20 heteroatoms. The summed E-state index contributed by atoms with van der Waals surface area (Å²) in [6.07, 6.45) is 0. The van der Waals surface area contributed by atoms with Gasteiger partial charge in [-0.3, -0.25) is 0 Å². The Hall–Kier alpha value is -6.99. The van der Waals surface area contributed by atoms with E-state index in [4.69, 9.17) is 0 Å². The maximum atomic E-state index is 16.3. The van der Waals surface area contributed by atoms with Crippen LogP contribution in [0.3, 0.4) is 0 Å². The molecule has 0 atom stereocenters.